The highest BCUT2D eigenvalue weighted by Gasteiger charge is 2.14. The summed E-state index contributed by atoms with van der Waals surface area (Å²) in [5, 5.41) is 9.54. The molecule has 0 saturated carbocycles. The van der Waals surface area contributed by atoms with Gasteiger partial charge in [0.1, 0.15) is 11.5 Å². The number of pyridine rings is 2. The Morgan fingerprint density at radius 3 is 2.89 bits per heavy atom. The highest BCUT2D eigenvalue weighted by molar-refractivity contribution is 5.94. The lowest BCUT2D eigenvalue weighted by molar-refractivity contribution is 0.0963. The summed E-state index contributed by atoms with van der Waals surface area (Å²) in [7, 11) is 1.62. The van der Waals surface area contributed by atoms with E-state index in [1.54, 1.807) is 25.4 Å². The van der Waals surface area contributed by atoms with Crippen LogP contribution in [0.5, 0.6) is 0 Å². The molecule has 1 fully saturated rings. The van der Waals surface area contributed by atoms with E-state index in [1.165, 1.54) is 6.42 Å². The van der Waals surface area contributed by atoms with E-state index in [1.807, 2.05) is 42.6 Å². The second-order valence-electron chi connectivity index (χ2n) is 6.46. The molecule has 1 aliphatic heterocycles. The number of piperidine rings is 1. The van der Waals surface area contributed by atoms with Crippen LogP contribution in [-0.4, -0.2) is 46.5 Å². The summed E-state index contributed by atoms with van der Waals surface area (Å²) in [6.45, 7) is 6.05. The molecule has 148 valence electrons. The molecule has 7 heteroatoms. The molecule has 1 amide bonds. The molecular weight excluding hydrogens is 352 g/mol. The minimum absolute atomic E-state index is 0.123. The lowest BCUT2D eigenvalue weighted by Gasteiger charge is -2.24. The van der Waals surface area contributed by atoms with Crippen molar-refractivity contribution in [3.8, 4) is 11.4 Å². The van der Waals surface area contributed by atoms with E-state index >= 15 is 0 Å². The van der Waals surface area contributed by atoms with Gasteiger partial charge in [0.05, 0.1) is 17.6 Å². The number of rotatable bonds is 4. The smallest absolute Gasteiger partial charge is 0.251 e. The molecule has 0 bridgehead atoms. The van der Waals surface area contributed by atoms with E-state index in [-0.39, 0.29) is 5.91 Å². The van der Waals surface area contributed by atoms with Gasteiger partial charge in [-0.05, 0) is 43.7 Å². The Morgan fingerprint density at radius 1 is 1.29 bits per heavy atom. The maximum absolute atomic E-state index is 11.8. The summed E-state index contributed by atoms with van der Waals surface area (Å²) in [4.78, 5) is 21.0. The first kappa shape index (κ1) is 19.8. The first-order valence-corrected chi connectivity index (χ1v) is 9.88. The van der Waals surface area contributed by atoms with Gasteiger partial charge in [0.2, 0.25) is 0 Å². The zero-order chi connectivity index (χ0) is 19.9. The van der Waals surface area contributed by atoms with E-state index in [4.69, 9.17) is 4.98 Å². The van der Waals surface area contributed by atoms with Crippen LogP contribution in [0.4, 0.5) is 5.82 Å². The fourth-order valence-corrected chi connectivity index (χ4v) is 3.30. The van der Waals surface area contributed by atoms with Crippen LogP contribution in [0.15, 0.2) is 42.7 Å². The zero-order valence-electron chi connectivity index (χ0n) is 16.7. The van der Waals surface area contributed by atoms with E-state index < -0.39 is 0 Å². The molecule has 28 heavy (non-hydrogen) atoms. The predicted molar refractivity (Wildman–Crippen MR) is 113 cm³/mol. The molecule has 1 aliphatic rings. The Bertz CT molecular complexity index is 930. The fourth-order valence-electron chi connectivity index (χ4n) is 3.30. The van der Waals surface area contributed by atoms with Crippen LogP contribution in [-0.2, 0) is 0 Å². The van der Waals surface area contributed by atoms with Gasteiger partial charge in [-0.2, -0.15) is 0 Å². The summed E-state index contributed by atoms with van der Waals surface area (Å²) in [5.74, 6) is 0.746. The molecule has 3 N–H and O–H groups in total. The topological polar surface area (TPSA) is 83.4 Å². The highest BCUT2D eigenvalue weighted by atomic mass is 16.1. The molecule has 0 radical (unpaired) electrons. The van der Waals surface area contributed by atoms with Crippen molar-refractivity contribution in [2.45, 2.75) is 32.7 Å². The Hall–Kier alpha value is -2.93. The van der Waals surface area contributed by atoms with Gasteiger partial charge in [-0.1, -0.05) is 19.9 Å². The number of imidazole rings is 1. The first-order valence-electron chi connectivity index (χ1n) is 9.88. The van der Waals surface area contributed by atoms with E-state index in [0.29, 0.717) is 11.6 Å². The number of fused-ring (bicyclic) bond motifs is 1. The molecule has 0 aliphatic carbocycles. The second kappa shape index (κ2) is 9.32. The zero-order valence-corrected chi connectivity index (χ0v) is 16.7. The van der Waals surface area contributed by atoms with Crippen molar-refractivity contribution in [3.05, 3.63) is 48.3 Å². The number of anilines is 1. The third kappa shape index (κ3) is 4.31. The average Bonchev–Trinajstić information content (AvgIpc) is 3.19. The van der Waals surface area contributed by atoms with Gasteiger partial charge in [0, 0.05) is 31.4 Å². The van der Waals surface area contributed by atoms with Gasteiger partial charge >= 0.3 is 0 Å². The minimum Gasteiger partial charge on any atom is -0.366 e. The van der Waals surface area contributed by atoms with E-state index in [0.717, 1.165) is 42.4 Å². The summed E-state index contributed by atoms with van der Waals surface area (Å²) in [6.07, 6.45) is 5.97. The fraction of sp³-hybridized carbons (Fsp3) is 0.381. The maximum atomic E-state index is 11.8. The van der Waals surface area contributed by atoms with Gasteiger partial charge < -0.3 is 16.0 Å². The minimum atomic E-state index is -0.123. The summed E-state index contributed by atoms with van der Waals surface area (Å²) >= 11 is 0. The number of hydrogen-bond donors (Lipinski definition) is 3. The lowest BCUT2D eigenvalue weighted by Crippen LogP contribution is -2.38. The third-order valence-corrected chi connectivity index (χ3v) is 4.66. The summed E-state index contributed by atoms with van der Waals surface area (Å²) in [6, 6.07) is 9.93. The lowest BCUT2D eigenvalue weighted by atomic mass is 10.1. The van der Waals surface area contributed by atoms with Crippen molar-refractivity contribution in [1.82, 2.24) is 25.0 Å². The van der Waals surface area contributed by atoms with Gasteiger partial charge in [-0.15, -0.1) is 0 Å². The standard InChI is InChI=1S/C19H22N6O.C2H6/c1-20-19(26)13-7-9-25-16(12-22-18(25)10-13)15-5-2-6-17(24-15)23-14-4-3-8-21-11-14;1-2/h2,5-7,9-10,12,14,21H,3-4,8,11H2,1H3,(H,20,26)(H,23,24);1-2H3. The molecule has 3 aromatic heterocycles. The van der Waals surface area contributed by atoms with Crippen molar-refractivity contribution in [2.75, 3.05) is 25.5 Å². The van der Waals surface area contributed by atoms with Crippen molar-refractivity contribution >= 4 is 17.4 Å². The predicted octanol–water partition coefficient (Wildman–Crippen LogP) is 2.95. The number of carbonyl (C=O) groups is 1. The molecular formula is C21H28N6O. The largest absolute Gasteiger partial charge is 0.366 e. The van der Waals surface area contributed by atoms with Crippen molar-refractivity contribution in [1.29, 1.82) is 0 Å². The van der Waals surface area contributed by atoms with E-state index in [9.17, 15) is 4.79 Å². The molecule has 0 spiro atoms. The van der Waals surface area contributed by atoms with E-state index in [2.05, 4.69) is 20.9 Å². The van der Waals surface area contributed by atoms with Crippen molar-refractivity contribution < 1.29 is 4.79 Å². The number of amides is 1. The average molecular weight is 380 g/mol. The van der Waals surface area contributed by atoms with Crippen LogP contribution in [0, 0.1) is 0 Å². The second-order valence-corrected chi connectivity index (χ2v) is 6.46. The molecule has 4 heterocycles. The SMILES string of the molecule is CC.CNC(=O)c1ccn2c(-c3cccc(NC4CCCNC4)n3)cnc2c1. The van der Waals surface area contributed by atoms with Gasteiger partial charge in [-0.3, -0.25) is 9.20 Å². The first-order chi connectivity index (χ1) is 13.7. The molecule has 0 aromatic carbocycles. The number of carbonyl (C=O) groups excluding carboxylic acids is 1. The van der Waals surface area contributed by atoms with Crippen LogP contribution >= 0.6 is 0 Å². The highest BCUT2D eigenvalue weighted by Crippen LogP contribution is 2.22. The number of hydrogen-bond acceptors (Lipinski definition) is 5. The third-order valence-electron chi connectivity index (χ3n) is 4.66. The van der Waals surface area contributed by atoms with Crippen molar-refractivity contribution in [3.63, 3.8) is 0 Å². The molecule has 3 aromatic rings. The van der Waals surface area contributed by atoms with Gasteiger partial charge in [0.25, 0.3) is 5.91 Å². The molecule has 1 atom stereocenters. The number of aromatic nitrogens is 3. The number of nitrogens with one attached hydrogen (secondary N) is 3. The Morgan fingerprint density at radius 2 is 2.14 bits per heavy atom. The molecule has 7 nitrogen and oxygen atoms in total. The molecule has 1 unspecified atom stereocenters. The monoisotopic (exact) mass is 380 g/mol. The van der Waals surface area contributed by atoms with Crippen LogP contribution in [0.3, 0.4) is 0 Å². The Labute approximate surface area is 165 Å². The van der Waals surface area contributed by atoms with Crippen LogP contribution in [0.2, 0.25) is 0 Å². The maximum Gasteiger partial charge on any atom is 0.251 e. The van der Waals surface area contributed by atoms with Crippen LogP contribution < -0.4 is 16.0 Å². The van der Waals surface area contributed by atoms with Crippen LogP contribution in [0.1, 0.15) is 37.0 Å². The summed E-state index contributed by atoms with van der Waals surface area (Å²) in [5.41, 5.74) is 3.05. The van der Waals surface area contributed by atoms with Gasteiger partial charge in [-0.25, -0.2) is 9.97 Å². The molecule has 4 rings (SSSR count). The Kier molecular flexibility index (Phi) is 6.60. The van der Waals surface area contributed by atoms with Crippen LogP contribution in [0.25, 0.3) is 17.0 Å². The quantitative estimate of drug-likeness (QED) is 0.648. The van der Waals surface area contributed by atoms with Crippen molar-refractivity contribution in [2.24, 2.45) is 0 Å². The van der Waals surface area contributed by atoms with Gasteiger partial charge in [0.15, 0.2) is 0 Å². The normalized spacial score (nSPS) is 16.2. The number of nitrogens with zero attached hydrogens (tertiary/aromatic N) is 3. The molecule has 1 saturated heterocycles. The summed E-state index contributed by atoms with van der Waals surface area (Å²) < 4.78 is 1.95. The Balaban J connectivity index is 0.00000109.